The van der Waals surface area contributed by atoms with Crippen molar-refractivity contribution in [1.29, 1.82) is 0 Å². The maximum Gasteiger partial charge on any atom is 0.0541 e. The molecule has 0 saturated carbocycles. The molecule has 7 rings (SSSR count). The van der Waals surface area contributed by atoms with E-state index < -0.39 is 0 Å². The van der Waals surface area contributed by atoms with Crippen LogP contribution in [0.4, 0.5) is 0 Å². The lowest BCUT2D eigenvalue weighted by atomic mass is 10.0. The first-order valence-electron chi connectivity index (χ1n) is 12.6. The fourth-order valence-corrected chi connectivity index (χ4v) is 4.97. The van der Waals surface area contributed by atoms with E-state index in [0.717, 1.165) is 0 Å². The predicted molar refractivity (Wildman–Crippen MR) is 158 cm³/mol. The van der Waals surface area contributed by atoms with Gasteiger partial charge in [-0.05, 0) is 34.9 Å². The molecule has 6 aromatic carbocycles. The van der Waals surface area contributed by atoms with Gasteiger partial charge in [0.25, 0.3) is 0 Å². The summed E-state index contributed by atoms with van der Waals surface area (Å²) in [5, 5.41) is 2.59. The van der Waals surface area contributed by atoms with Gasteiger partial charge in [0.2, 0.25) is 0 Å². The van der Waals surface area contributed by atoms with Crippen molar-refractivity contribution in [2.24, 2.45) is 0 Å². The van der Waals surface area contributed by atoms with E-state index in [4.69, 9.17) is 0 Å². The van der Waals surface area contributed by atoms with Crippen LogP contribution in [0.3, 0.4) is 0 Å². The molecule has 1 heteroatoms. The van der Waals surface area contributed by atoms with E-state index in [1.54, 1.807) is 0 Å². The van der Waals surface area contributed by atoms with Gasteiger partial charge in [0.15, 0.2) is 0 Å². The van der Waals surface area contributed by atoms with Gasteiger partial charge < -0.3 is 4.57 Å². The Bertz CT molecular complexity index is 1660. The summed E-state index contributed by atoms with van der Waals surface area (Å²) in [4.78, 5) is 0. The minimum absolute atomic E-state index is 1.21. The molecule has 0 aliphatic rings. The molecule has 0 N–H and O–H groups in total. The number of nitrogens with zero attached hydrogens (tertiary/aromatic N) is 1. The van der Waals surface area contributed by atoms with E-state index in [-0.39, 0.29) is 0 Å². The second-order valence-corrected chi connectivity index (χ2v) is 8.98. The molecular formula is C36H27N. The van der Waals surface area contributed by atoms with Crippen LogP contribution >= 0.6 is 0 Å². The zero-order valence-electron chi connectivity index (χ0n) is 20.5. The van der Waals surface area contributed by atoms with Crippen LogP contribution < -0.4 is 0 Å². The average molecular weight is 474 g/mol. The van der Waals surface area contributed by atoms with Gasteiger partial charge in [-0.3, -0.25) is 0 Å². The minimum atomic E-state index is 1.21. The van der Waals surface area contributed by atoms with E-state index in [9.17, 15) is 0 Å². The summed E-state index contributed by atoms with van der Waals surface area (Å²) >= 11 is 0. The molecule has 0 radical (unpaired) electrons. The highest BCUT2D eigenvalue weighted by Gasteiger charge is 2.14. The normalized spacial score (nSPS) is 10.7. The quantitative estimate of drug-likeness (QED) is 0.241. The van der Waals surface area contributed by atoms with Crippen LogP contribution in [-0.2, 0) is 0 Å². The van der Waals surface area contributed by atoms with E-state index in [2.05, 4.69) is 156 Å². The molecule has 0 aliphatic heterocycles. The first-order valence-corrected chi connectivity index (χ1v) is 12.6. The lowest BCUT2D eigenvalue weighted by Gasteiger charge is -2.13. The highest BCUT2D eigenvalue weighted by Crippen LogP contribution is 2.35. The van der Waals surface area contributed by atoms with Gasteiger partial charge in [0.1, 0.15) is 0 Å². The predicted octanol–water partition coefficient (Wildman–Crippen LogP) is 9.80. The van der Waals surface area contributed by atoms with Crippen LogP contribution in [0.5, 0.6) is 0 Å². The molecule has 1 aromatic heterocycles. The summed E-state index contributed by atoms with van der Waals surface area (Å²) in [7, 11) is 0. The van der Waals surface area contributed by atoms with Gasteiger partial charge in [0, 0.05) is 16.3 Å². The number of rotatable bonds is 3. The van der Waals surface area contributed by atoms with Gasteiger partial charge in [-0.15, -0.1) is 0 Å². The van der Waals surface area contributed by atoms with E-state index in [1.807, 2.05) is 12.1 Å². The van der Waals surface area contributed by atoms with Gasteiger partial charge in [0.05, 0.1) is 16.7 Å². The van der Waals surface area contributed by atoms with Crippen LogP contribution in [0.25, 0.3) is 49.7 Å². The minimum Gasteiger partial charge on any atom is -0.309 e. The molecule has 0 spiro atoms. The van der Waals surface area contributed by atoms with Gasteiger partial charge in [-0.25, -0.2) is 0 Å². The fraction of sp³-hybridized carbons (Fsp3) is 0. The topological polar surface area (TPSA) is 4.93 Å². The van der Waals surface area contributed by atoms with E-state index in [1.165, 1.54) is 49.7 Å². The summed E-state index contributed by atoms with van der Waals surface area (Å²) in [5.41, 5.74) is 8.73. The Morgan fingerprint density at radius 2 is 0.676 bits per heavy atom. The standard InChI is InChI=1S/C24H17N.C12H10/c1-2-10-18(11-3-1)19-12-4-7-15-22(19)25-23-16-8-5-13-20(23)21-14-6-9-17-24(21)25;1-3-7-11(8-4-1)12-9-5-2-6-10-12/h1-17H;1-10H. The highest BCUT2D eigenvalue weighted by atomic mass is 15.0. The molecule has 0 saturated heterocycles. The third kappa shape index (κ3) is 4.55. The molecule has 7 aromatic rings. The van der Waals surface area contributed by atoms with Crippen LogP contribution in [-0.4, -0.2) is 4.57 Å². The number of aromatic nitrogens is 1. The highest BCUT2D eigenvalue weighted by molar-refractivity contribution is 6.09. The third-order valence-corrected chi connectivity index (χ3v) is 6.69. The third-order valence-electron chi connectivity index (χ3n) is 6.69. The molecule has 0 fully saturated rings. The largest absolute Gasteiger partial charge is 0.309 e. The van der Waals surface area contributed by atoms with Gasteiger partial charge >= 0.3 is 0 Å². The second kappa shape index (κ2) is 10.4. The Kier molecular flexibility index (Phi) is 6.34. The maximum absolute atomic E-state index is 2.38. The van der Waals surface area contributed by atoms with Crippen LogP contribution in [0.15, 0.2) is 164 Å². The number of fused-ring (bicyclic) bond motifs is 3. The summed E-state index contributed by atoms with van der Waals surface area (Å²) in [5.74, 6) is 0. The zero-order valence-corrected chi connectivity index (χ0v) is 20.5. The van der Waals surface area contributed by atoms with Gasteiger partial charge in [-0.1, -0.05) is 146 Å². The van der Waals surface area contributed by atoms with E-state index >= 15 is 0 Å². The van der Waals surface area contributed by atoms with Crippen molar-refractivity contribution in [1.82, 2.24) is 4.57 Å². The maximum atomic E-state index is 2.38. The molecule has 1 heterocycles. The molecule has 0 atom stereocenters. The fourth-order valence-electron chi connectivity index (χ4n) is 4.97. The van der Waals surface area contributed by atoms with Gasteiger partial charge in [-0.2, -0.15) is 0 Å². The molecular weight excluding hydrogens is 446 g/mol. The Morgan fingerprint density at radius 3 is 1.19 bits per heavy atom. The molecule has 37 heavy (non-hydrogen) atoms. The molecule has 176 valence electrons. The van der Waals surface area contributed by atoms with Crippen LogP contribution in [0.1, 0.15) is 0 Å². The number of hydrogen-bond donors (Lipinski definition) is 0. The van der Waals surface area contributed by atoms with E-state index in [0.29, 0.717) is 0 Å². The molecule has 0 bridgehead atoms. The Morgan fingerprint density at radius 1 is 0.297 bits per heavy atom. The van der Waals surface area contributed by atoms with Crippen molar-refractivity contribution in [2.45, 2.75) is 0 Å². The lowest BCUT2D eigenvalue weighted by molar-refractivity contribution is 1.18. The number of para-hydroxylation sites is 3. The van der Waals surface area contributed by atoms with Crippen LogP contribution in [0, 0.1) is 0 Å². The second-order valence-electron chi connectivity index (χ2n) is 8.98. The Hall–Kier alpha value is -4.88. The van der Waals surface area contributed by atoms with Crippen molar-refractivity contribution in [3.8, 4) is 27.9 Å². The van der Waals surface area contributed by atoms with Crippen molar-refractivity contribution < 1.29 is 0 Å². The molecule has 0 unspecified atom stereocenters. The van der Waals surface area contributed by atoms with Crippen LogP contribution in [0.2, 0.25) is 0 Å². The van der Waals surface area contributed by atoms with Crippen molar-refractivity contribution >= 4 is 21.8 Å². The SMILES string of the molecule is c1ccc(-c2ccccc2)cc1.c1ccc(-c2ccccc2-n2c3ccccc3c3ccccc32)cc1. The first-order chi connectivity index (χ1) is 18.4. The monoisotopic (exact) mass is 473 g/mol. The average Bonchev–Trinajstić information content (AvgIpc) is 3.33. The summed E-state index contributed by atoms with van der Waals surface area (Å²) in [6.07, 6.45) is 0. The Labute approximate surface area is 217 Å². The first kappa shape index (κ1) is 22.6. The number of benzene rings is 6. The molecule has 0 amide bonds. The zero-order chi connectivity index (χ0) is 24.9. The molecule has 0 aliphatic carbocycles. The van der Waals surface area contributed by atoms with Crippen molar-refractivity contribution in [3.63, 3.8) is 0 Å². The van der Waals surface area contributed by atoms with Crippen molar-refractivity contribution in [2.75, 3.05) is 0 Å². The summed E-state index contributed by atoms with van der Waals surface area (Å²) in [6, 6.07) is 57.3. The van der Waals surface area contributed by atoms with Crippen molar-refractivity contribution in [3.05, 3.63) is 164 Å². The summed E-state index contributed by atoms with van der Waals surface area (Å²) in [6.45, 7) is 0. The smallest absolute Gasteiger partial charge is 0.0541 e. The number of hydrogen-bond acceptors (Lipinski definition) is 0. The molecule has 1 nitrogen and oxygen atoms in total. The Balaban J connectivity index is 0.000000176. The summed E-state index contributed by atoms with van der Waals surface area (Å²) < 4.78 is 2.38. The lowest BCUT2D eigenvalue weighted by Crippen LogP contribution is -1.96.